The van der Waals surface area contributed by atoms with Crippen molar-refractivity contribution < 1.29 is 14.7 Å². The molecule has 1 atom stereocenters. The zero-order chi connectivity index (χ0) is 14.6. The first-order valence-electron chi connectivity index (χ1n) is 5.92. The van der Waals surface area contributed by atoms with Gasteiger partial charge in [-0.3, -0.25) is 4.98 Å². The van der Waals surface area contributed by atoms with Crippen LogP contribution in [0.2, 0.25) is 0 Å². The number of aromatic nitrogens is 1. The highest BCUT2D eigenvalue weighted by molar-refractivity contribution is 5.92. The molecule has 0 aliphatic carbocycles. The molecule has 1 heterocycles. The standard InChI is InChI=1S/C13H19N3O3/c1-8-5-9(7-14-6-8)15-12(19)16-10(11(17)18)13(2,3)4/h5-7,10H,1-4H3,(H,17,18)(H2,15,16,19). The molecule has 0 aliphatic rings. The highest BCUT2D eigenvalue weighted by atomic mass is 16.4. The van der Waals surface area contributed by atoms with Crippen LogP contribution in [0, 0.1) is 12.3 Å². The molecule has 0 aliphatic heterocycles. The number of anilines is 1. The van der Waals surface area contributed by atoms with Crippen molar-refractivity contribution in [3.63, 3.8) is 0 Å². The molecule has 1 unspecified atom stereocenters. The molecule has 19 heavy (non-hydrogen) atoms. The van der Waals surface area contributed by atoms with Gasteiger partial charge in [0.25, 0.3) is 0 Å². The molecule has 104 valence electrons. The minimum absolute atomic E-state index is 0.524. The van der Waals surface area contributed by atoms with E-state index in [9.17, 15) is 9.59 Å². The molecule has 1 aromatic rings. The van der Waals surface area contributed by atoms with E-state index in [1.807, 2.05) is 6.92 Å². The van der Waals surface area contributed by atoms with Gasteiger partial charge in [0.1, 0.15) is 6.04 Å². The van der Waals surface area contributed by atoms with Crippen LogP contribution < -0.4 is 10.6 Å². The summed E-state index contributed by atoms with van der Waals surface area (Å²) in [5.41, 5.74) is 0.854. The largest absolute Gasteiger partial charge is 0.480 e. The van der Waals surface area contributed by atoms with Gasteiger partial charge in [0, 0.05) is 6.20 Å². The van der Waals surface area contributed by atoms with Crippen molar-refractivity contribution in [2.75, 3.05) is 5.32 Å². The van der Waals surface area contributed by atoms with E-state index >= 15 is 0 Å². The minimum atomic E-state index is -1.06. The summed E-state index contributed by atoms with van der Waals surface area (Å²) in [6, 6.07) is 0.222. The number of carbonyl (C=O) groups excluding carboxylic acids is 1. The van der Waals surface area contributed by atoms with Gasteiger partial charge in [-0.25, -0.2) is 9.59 Å². The lowest BCUT2D eigenvalue weighted by molar-refractivity contribution is -0.141. The van der Waals surface area contributed by atoms with Gasteiger partial charge in [-0.1, -0.05) is 20.8 Å². The van der Waals surface area contributed by atoms with Crippen LogP contribution in [0.4, 0.5) is 10.5 Å². The molecule has 0 bridgehead atoms. The van der Waals surface area contributed by atoms with Gasteiger partial charge in [0.05, 0.1) is 11.9 Å². The first-order valence-corrected chi connectivity index (χ1v) is 5.92. The summed E-state index contributed by atoms with van der Waals surface area (Å²) < 4.78 is 0. The highest BCUT2D eigenvalue weighted by Gasteiger charge is 2.32. The summed E-state index contributed by atoms with van der Waals surface area (Å²) >= 11 is 0. The zero-order valence-corrected chi connectivity index (χ0v) is 11.5. The molecule has 0 fully saturated rings. The van der Waals surface area contributed by atoms with Crippen molar-refractivity contribution in [3.8, 4) is 0 Å². The topological polar surface area (TPSA) is 91.3 Å². The Morgan fingerprint density at radius 2 is 1.95 bits per heavy atom. The molecule has 1 aromatic heterocycles. The summed E-state index contributed by atoms with van der Waals surface area (Å²) in [7, 11) is 0. The molecule has 0 aromatic carbocycles. The predicted molar refractivity (Wildman–Crippen MR) is 72.0 cm³/mol. The van der Waals surface area contributed by atoms with Gasteiger partial charge >= 0.3 is 12.0 Å². The van der Waals surface area contributed by atoms with Gasteiger partial charge < -0.3 is 15.7 Å². The average molecular weight is 265 g/mol. The second-order valence-electron chi connectivity index (χ2n) is 5.49. The average Bonchev–Trinajstić information content (AvgIpc) is 2.24. The molecule has 3 N–H and O–H groups in total. The number of urea groups is 1. The number of aliphatic carboxylic acids is 1. The fourth-order valence-corrected chi connectivity index (χ4v) is 1.57. The Morgan fingerprint density at radius 1 is 1.32 bits per heavy atom. The fraction of sp³-hybridized carbons (Fsp3) is 0.462. The van der Waals surface area contributed by atoms with Crippen LogP contribution in [-0.4, -0.2) is 28.1 Å². The maximum atomic E-state index is 11.8. The smallest absolute Gasteiger partial charge is 0.326 e. The second-order valence-corrected chi connectivity index (χ2v) is 5.49. The van der Waals surface area contributed by atoms with E-state index in [1.54, 1.807) is 33.0 Å². The van der Waals surface area contributed by atoms with Gasteiger partial charge in [-0.15, -0.1) is 0 Å². The van der Waals surface area contributed by atoms with E-state index < -0.39 is 23.5 Å². The van der Waals surface area contributed by atoms with E-state index in [2.05, 4.69) is 15.6 Å². The van der Waals surface area contributed by atoms with Crippen LogP contribution in [-0.2, 0) is 4.79 Å². The predicted octanol–water partition coefficient (Wildman–Crippen LogP) is 2.01. The third-order valence-corrected chi connectivity index (χ3v) is 2.52. The molecule has 1 rings (SSSR count). The molecule has 0 radical (unpaired) electrons. The van der Waals surface area contributed by atoms with Crippen molar-refractivity contribution in [2.24, 2.45) is 5.41 Å². The summed E-state index contributed by atoms with van der Waals surface area (Å²) in [6.45, 7) is 7.10. The number of carboxylic acids is 1. The van der Waals surface area contributed by atoms with Crippen LogP contribution in [0.25, 0.3) is 0 Å². The van der Waals surface area contributed by atoms with Crippen LogP contribution in [0.1, 0.15) is 26.3 Å². The number of nitrogens with zero attached hydrogens (tertiary/aromatic N) is 1. The van der Waals surface area contributed by atoms with Gasteiger partial charge in [-0.05, 0) is 24.0 Å². The number of rotatable bonds is 3. The molecule has 2 amide bonds. The number of hydrogen-bond donors (Lipinski definition) is 3. The lowest BCUT2D eigenvalue weighted by Crippen LogP contribution is -2.50. The number of carboxylic acid groups (broad SMARTS) is 1. The van der Waals surface area contributed by atoms with E-state index in [4.69, 9.17) is 5.11 Å². The van der Waals surface area contributed by atoms with E-state index in [-0.39, 0.29) is 0 Å². The van der Waals surface area contributed by atoms with Crippen molar-refractivity contribution in [1.29, 1.82) is 0 Å². The summed E-state index contributed by atoms with van der Waals surface area (Å²) in [6.07, 6.45) is 3.16. The Balaban J connectivity index is 2.71. The highest BCUT2D eigenvalue weighted by Crippen LogP contribution is 2.19. The molecule has 6 heteroatoms. The Morgan fingerprint density at radius 3 is 2.42 bits per heavy atom. The summed E-state index contributed by atoms with van der Waals surface area (Å²) in [4.78, 5) is 26.8. The zero-order valence-electron chi connectivity index (χ0n) is 11.5. The quantitative estimate of drug-likeness (QED) is 0.779. The van der Waals surface area contributed by atoms with Gasteiger partial charge in [0.2, 0.25) is 0 Å². The Labute approximate surface area is 112 Å². The Hall–Kier alpha value is -2.11. The van der Waals surface area contributed by atoms with E-state index in [1.165, 1.54) is 6.20 Å². The van der Waals surface area contributed by atoms with Crippen LogP contribution in [0.5, 0.6) is 0 Å². The van der Waals surface area contributed by atoms with Crippen molar-refractivity contribution in [3.05, 3.63) is 24.0 Å². The Kier molecular flexibility index (Phi) is 4.47. The Bertz CT molecular complexity index is 480. The number of pyridine rings is 1. The fourth-order valence-electron chi connectivity index (χ4n) is 1.57. The maximum absolute atomic E-state index is 11.8. The van der Waals surface area contributed by atoms with Crippen LogP contribution in [0.15, 0.2) is 18.5 Å². The normalized spacial score (nSPS) is 12.6. The number of carbonyl (C=O) groups is 2. The van der Waals surface area contributed by atoms with Crippen molar-refractivity contribution in [2.45, 2.75) is 33.7 Å². The summed E-state index contributed by atoms with van der Waals surface area (Å²) in [5, 5.41) is 14.1. The number of amides is 2. The number of aryl methyl sites for hydroxylation is 1. The third-order valence-electron chi connectivity index (χ3n) is 2.52. The van der Waals surface area contributed by atoms with E-state index in [0.29, 0.717) is 5.69 Å². The lowest BCUT2D eigenvalue weighted by Gasteiger charge is -2.27. The number of nitrogens with one attached hydrogen (secondary N) is 2. The molecule has 0 saturated carbocycles. The molecular formula is C13H19N3O3. The lowest BCUT2D eigenvalue weighted by atomic mass is 9.87. The first kappa shape index (κ1) is 14.9. The molecule has 0 spiro atoms. The number of hydrogen-bond acceptors (Lipinski definition) is 3. The van der Waals surface area contributed by atoms with Crippen molar-refractivity contribution in [1.82, 2.24) is 10.3 Å². The maximum Gasteiger partial charge on any atom is 0.326 e. The molecule has 0 saturated heterocycles. The van der Waals surface area contributed by atoms with E-state index in [0.717, 1.165) is 5.56 Å². The SMILES string of the molecule is Cc1cncc(NC(=O)NC(C(=O)O)C(C)(C)C)c1. The van der Waals surface area contributed by atoms with Crippen molar-refractivity contribution >= 4 is 17.7 Å². The van der Waals surface area contributed by atoms with Crippen LogP contribution >= 0.6 is 0 Å². The first-order chi connectivity index (χ1) is 8.70. The molecular weight excluding hydrogens is 246 g/mol. The van der Waals surface area contributed by atoms with Crippen LogP contribution in [0.3, 0.4) is 0 Å². The monoisotopic (exact) mass is 265 g/mol. The third kappa shape index (κ3) is 4.57. The van der Waals surface area contributed by atoms with Gasteiger partial charge in [0.15, 0.2) is 0 Å². The minimum Gasteiger partial charge on any atom is -0.480 e. The summed E-state index contributed by atoms with van der Waals surface area (Å²) in [5.74, 6) is -1.06. The second kappa shape index (κ2) is 5.69. The molecule has 6 nitrogen and oxygen atoms in total. The van der Waals surface area contributed by atoms with Gasteiger partial charge in [-0.2, -0.15) is 0 Å².